The summed E-state index contributed by atoms with van der Waals surface area (Å²) in [6.07, 6.45) is 1.78. The Morgan fingerprint density at radius 2 is 1.80 bits per heavy atom. The summed E-state index contributed by atoms with van der Waals surface area (Å²) in [7, 11) is -0.431. The molecule has 6 heteroatoms. The van der Waals surface area contributed by atoms with Crippen LogP contribution in [0.15, 0.2) is 29.8 Å². The highest BCUT2D eigenvalue weighted by Crippen LogP contribution is 2.36. The zero-order chi connectivity index (χ0) is 14.4. The van der Waals surface area contributed by atoms with Crippen molar-refractivity contribution in [1.82, 2.24) is 9.97 Å². The number of aromatic nitrogens is 2. The summed E-state index contributed by atoms with van der Waals surface area (Å²) in [4.78, 5) is 8.91. The van der Waals surface area contributed by atoms with Gasteiger partial charge >= 0.3 is 7.12 Å². The van der Waals surface area contributed by atoms with Crippen LogP contribution in [0.4, 0.5) is 0 Å². The Morgan fingerprint density at radius 3 is 2.40 bits per heavy atom. The van der Waals surface area contributed by atoms with E-state index in [0.29, 0.717) is 0 Å². The minimum Gasteiger partial charge on any atom is -0.398 e. The SMILES string of the molecule is CC1(C)OB(c2cccc(-c3nccs3)n2)OC1(C)C. The predicted molar refractivity (Wildman–Crippen MR) is 81.1 cm³/mol. The van der Waals surface area contributed by atoms with Gasteiger partial charge in [-0.15, -0.1) is 11.3 Å². The van der Waals surface area contributed by atoms with Gasteiger partial charge in [-0.25, -0.2) is 4.98 Å². The molecule has 20 heavy (non-hydrogen) atoms. The maximum atomic E-state index is 6.02. The largest absolute Gasteiger partial charge is 0.514 e. The molecule has 1 aliphatic rings. The Labute approximate surface area is 123 Å². The normalized spacial score (nSPS) is 20.3. The highest BCUT2D eigenvalue weighted by molar-refractivity contribution is 7.13. The van der Waals surface area contributed by atoms with Crippen molar-refractivity contribution in [3.05, 3.63) is 29.8 Å². The third-order valence-electron chi connectivity index (χ3n) is 3.92. The molecule has 0 spiro atoms. The average molecular weight is 288 g/mol. The van der Waals surface area contributed by atoms with E-state index in [0.717, 1.165) is 16.3 Å². The van der Waals surface area contributed by atoms with Crippen LogP contribution in [0.1, 0.15) is 27.7 Å². The molecule has 2 aromatic rings. The van der Waals surface area contributed by atoms with Crippen molar-refractivity contribution in [3.8, 4) is 10.7 Å². The van der Waals surface area contributed by atoms with Crippen molar-refractivity contribution < 1.29 is 9.31 Å². The summed E-state index contributed by atoms with van der Waals surface area (Å²) in [5.41, 5.74) is 0.941. The van der Waals surface area contributed by atoms with Gasteiger partial charge in [0.1, 0.15) is 5.01 Å². The van der Waals surface area contributed by atoms with E-state index in [9.17, 15) is 0 Å². The lowest BCUT2D eigenvalue weighted by Gasteiger charge is -2.32. The molecule has 0 N–H and O–H groups in total. The molecule has 0 unspecified atom stereocenters. The Balaban J connectivity index is 1.91. The van der Waals surface area contributed by atoms with Crippen molar-refractivity contribution >= 4 is 24.0 Å². The van der Waals surface area contributed by atoms with E-state index in [1.165, 1.54) is 0 Å². The molecule has 0 bridgehead atoms. The van der Waals surface area contributed by atoms with Gasteiger partial charge in [0.25, 0.3) is 0 Å². The van der Waals surface area contributed by atoms with Crippen LogP contribution in [-0.4, -0.2) is 28.3 Å². The van der Waals surface area contributed by atoms with Crippen molar-refractivity contribution in [3.63, 3.8) is 0 Å². The monoisotopic (exact) mass is 288 g/mol. The molecule has 1 aliphatic heterocycles. The molecule has 104 valence electrons. The zero-order valence-corrected chi connectivity index (χ0v) is 12.9. The van der Waals surface area contributed by atoms with Crippen molar-refractivity contribution in [1.29, 1.82) is 0 Å². The minimum atomic E-state index is -0.431. The summed E-state index contributed by atoms with van der Waals surface area (Å²) in [5, 5.41) is 2.85. The molecule has 0 saturated carbocycles. The molecular weight excluding hydrogens is 271 g/mol. The first-order valence-corrected chi connectivity index (χ1v) is 7.49. The summed E-state index contributed by atoms with van der Waals surface area (Å²) in [6.45, 7) is 8.16. The number of pyridine rings is 1. The van der Waals surface area contributed by atoms with Gasteiger partial charge in [-0.05, 0) is 39.8 Å². The van der Waals surface area contributed by atoms with Gasteiger partial charge in [-0.1, -0.05) is 6.07 Å². The number of rotatable bonds is 2. The van der Waals surface area contributed by atoms with Crippen LogP contribution in [0.3, 0.4) is 0 Å². The first kappa shape index (κ1) is 13.7. The van der Waals surface area contributed by atoms with Crippen LogP contribution < -0.4 is 5.59 Å². The smallest absolute Gasteiger partial charge is 0.398 e. The third-order valence-corrected chi connectivity index (χ3v) is 4.71. The topological polar surface area (TPSA) is 44.2 Å². The second-order valence-electron chi connectivity index (χ2n) is 5.87. The lowest BCUT2D eigenvalue weighted by Crippen LogP contribution is -2.41. The van der Waals surface area contributed by atoms with E-state index in [-0.39, 0.29) is 11.2 Å². The molecule has 3 heterocycles. The van der Waals surface area contributed by atoms with Gasteiger partial charge in [-0.2, -0.15) is 0 Å². The van der Waals surface area contributed by atoms with Crippen molar-refractivity contribution in [2.75, 3.05) is 0 Å². The number of thiazole rings is 1. The van der Waals surface area contributed by atoms with Crippen LogP contribution >= 0.6 is 11.3 Å². The molecular formula is C14H17BN2O2S. The molecule has 4 nitrogen and oxygen atoms in total. The number of hydrogen-bond acceptors (Lipinski definition) is 5. The molecule has 0 aromatic carbocycles. The average Bonchev–Trinajstić information content (AvgIpc) is 2.97. The van der Waals surface area contributed by atoms with Crippen LogP contribution in [0.2, 0.25) is 0 Å². The molecule has 3 rings (SSSR count). The first-order chi connectivity index (χ1) is 9.39. The molecule has 0 amide bonds. The third kappa shape index (κ3) is 2.28. The minimum absolute atomic E-state index is 0.351. The fraction of sp³-hybridized carbons (Fsp3) is 0.429. The van der Waals surface area contributed by atoms with Gasteiger partial charge < -0.3 is 9.31 Å². The molecule has 1 saturated heterocycles. The van der Waals surface area contributed by atoms with Gasteiger partial charge in [0, 0.05) is 11.6 Å². The Hall–Kier alpha value is -1.24. The second-order valence-corrected chi connectivity index (χ2v) is 6.77. The summed E-state index contributed by atoms with van der Waals surface area (Å²) in [6, 6.07) is 5.84. The van der Waals surface area contributed by atoms with Crippen LogP contribution in [0.5, 0.6) is 0 Å². The summed E-state index contributed by atoms with van der Waals surface area (Å²) in [5.74, 6) is 0. The van der Waals surface area contributed by atoms with Gasteiger partial charge in [0.05, 0.1) is 22.5 Å². The standard InChI is InChI=1S/C14H17BN2O2S/c1-13(2)14(3,4)19-15(18-13)11-7-5-6-10(17-11)12-16-8-9-20-12/h5-9H,1-4H3. The maximum Gasteiger partial charge on any atom is 0.514 e. The second kappa shape index (κ2) is 4.65. The highest BCUT2D eigenvalue weighted by atomic mass is 32.1. The number of hydrogen-bond donors (Lipinski definition) is 0. The quantitative estimate of drug-likeness (QED) is 0.796. The molecule has 0 atom stereocenters. The van der Waals surface area contributed by atoms with E-state index in [1.54, 1.807) is 17.5 Å². The molecule has 2 aromatic heterocycles. The predicted octanol–water partition coefficient (Wildman–Crippen LogP) is 2.50. The fourth-order valence-electron chi connectivity index (χ4n) is 2.02. The summed E-state index contributed by atoms with van der Waals surface area (Å²) < 4.78 is 12.0. The highest BCUT2D eigenvalue weighted by Gasteiger charge is 2.52. The van der Waals surface area contributed by atoms with E-state index in [1.807, 2.05) is 51.3 Å². The zero-order valence-electron chi connectivity index (χ0n) is 12.1. The van der Waals surface area contributed by atoms with E-state index >= 15 is 0 Å². The first-order valence-electron chi connectivity index (χ1n) is 6.61. The summed E-state index contributed by atoms with van der Waals surface area (Å²) >= 11 is 1.57. The lowest BCUT2D eigenvalue weighted by atomic mass is 9.84. The van der Waals surface area contributed by atoms with Crippen LogP contribution in [0, 0.1) is 0 Å². The number of nitrogens with zero attached hydrogens (tertiary/aromatic N) is 2. The van der Waals surface area contributed by atoms with Gasteiger partial charge in [0.2, 0.25) is 0 Å². The van der Waals surface area contributed by atoms with Crippen LogP contribution in [-0.2, 0) is 9.31 Å². The van der Waals surface area contributed by atoms with Gasteiger partial charge in [0.15, 0.2) is 0 Å². The lowest BCUT2D eigenvalue weighted by molar-refractivity contribution is 0.00578. The molecule has 1 fully saturated rings. The molecule has 0 aliphatic carbocycles. The van der Waals surface area contributed by atoms with E-state index in [2.05, 4.69) is 9.97 Å². The fourth-order valence-corrected chi connectivity index (χ4v) is 2.62. The molecule has 0 radical (unpaired) electrons. The van der Waals surface area contributed by atoms with Gasteiger partial charge in [-0.3, -0.25) is 4.98 Å². The van der Waals surface area contributed by atoms with Crippen molar-refractivity contribution in [2.24, 2.45) is 0 Å². The maximum absolute atomic E-state index is 6.02. The Bertz CT molecular complexity index is 597. The van der Waals surface area contributed by atoms with Crippen molar-refractivity contribution in [2.45, 2.75) is 38.9 Å². The van der Waals surface area contributed by atoms with Crippen LogP contribution in [0.25, 0.3) is 10.7 Å². The van der Waals surface area contributed by atoms with E-state index in [4.69, 9.17) is 9.31 Å². The Kier molecular flexibility index (Phi) is 3.19. The Morgan fingerprint density at radius 1 is 1.10 bits per heavy atom. The van der Waals surface area contributed by atoms with E-state index < -0.39 is 7.12 Å².